The average molecular weight is 388 g/mol. The summed E-state index contributed by atoms with van der Waals surface area (Å²) >= 11 is 0. The smallest absolute Gasteiger partial charge is 0.395 e. The predicted octanol–water partition coefficient (Wildman–Crippen LogP) is 1.01. The second kappa shape index (κ2) is 5.29. The molecule has 3 heterocycles. The van der Waals surface area contributed by atoms with Crippen LogP contribution in [0.2, 0.25) is 0 Å². The number of fused-ring (bicyclic) bond motifs is 1. The van der Waals surface area contributed by atoms with Crippen molar-refractivity contribution in [2.45, 2.75) is 31.2 Å². The molecule has 1 spiro atoms. The van der Waals surface area contributed by atoms with Crippen LogP contribution in [0.5, 0.6) is 11.5 Å². The van der Waals surface area contributed by atoms with Crippen LogP contribution >= 0.6 is 0 Å². The summed E-state index contributed by atoms with van der Waals surface area (Å²) < 4.78 is 58.6. The van der Waals surface area contributed by atoms with Gasteiger partial charge in [-0.2, -0.15) is 0 Å². The zero-order valence-electron chi connectivity index (χ0n) is 13.3. The fraction of sp³-hybridized carbons (Fsp3) is 0.467. The van der Waals surface area contributed by atoms with E-state index in [9.17, 15) is 26.8 Å². The number of rotatable bonds is 2. The minimum atomic E-state index is -3.81. The molecule has 1 N–H and O–H groups in total. The monoisotopic (exact) mass is 388 g/mol. The van der Waals surface area contributed by atoms with Gasteiger partial charge in [-0.15, -0.1) is 8.78 Å². The lowest BCUT2D eigenvalue weighted by Crippen LogP contribution is -2.52. The number of nitrogens with one attached hydrogen (secondary N) is 1. The number of hydrogen-bond donors (Lipinski definition) is 1. The largest absolute Gasteiger partial charge is 0.586 e. The summed E-state index contributed by atoms with van der Waals surface area (Å²) in [5.41, 5.74) is -1.08. The lowest BCUT2D eigenvalue weighted by molar-refractivity contribution is -0.287. The van der Waals surface area contributed by atoms with Gasteiger partial charge < -0.3 is 14.8 Å². The second-order valence-electron chi connectivity index (χ2n) is 6.47. The summed E-state index contributed by atoms with van der Waals surface area (Å²) in [7, 11) is -3.23. The van der Waals surface area contributed by atoms with E-state index in [1.807, 2.05) is 0 Å². The molecule has 11 heteroatoms. The van der Waals surface area contributed by atoms with Gasteiger partial charge in [-0.3, -0.25) is 9.69 Å². The van der Waals surface area contributed by atoms with Crippen molar-refractivity contribution >= 4 is 21.8 Å². The molecule has 3 aliphatic rings. The zero-order chi connectivity index (χ0) is 18.7. The lowest BCUT2D eigenvalue weighted by Gasteiger charge is -2.30. The molecule has 8 nitrogen and oxygen atoms in total. The number of urea groups is 1. The predicted molar refractivity (Wildman–Crippen MR) is 82.3 cm³/mol. The number of carbonyl (C=O) groups excluding carboxylic acids is 2. The Bertz CT molecular complexity index is 903. The Morgan fingerprint density at radius 3 is 2.54 bits per heavy atom. The number of para-hydroxylation sites is 1. The number of benzene rings is 1. The Balaban J connectivity index is 1.58. The molecule has 2 saturated heterocycles. The Kier molecular flexibility index (Phi) is 3.46. The van der Waals surface area contributed by atoms with Crippen LogP contribution in [0.1, 0.15) is 18.4 Å². The number of ether oxygens (including phenoxy) is 2. The highest BCUT2D eigenvalue weighted by molar-refractivity contribution is 7.91. The maximum atomic E-state index is 13.3. The van der Waals surface area contributed by atoms with Crippen molar-refractivity contribution in [3.63, 3.8) is 0 Å². The van der Waals surface area contributed by atoms with E-state index in [0.717, 1.165) is 4.90 Å². The SMILES string of the molecule is O=C1NC2(CCS(=O)(=O)CC2)C(=O)N1Cc1cccc2c1OC(F)(F)O2. The van der Waals surface area contributed by atoms with E-state index in [2.05, 4.69) is 14.8 Å². The molecule has 0 aromatic heterocycles. The Labute approximate surface area is 147 Å². The third kappa shape index (κ3) is 2.66. The Hall–Kier alpha value is -2.43. The first kappa shape index (κ1) is 17.0. The van der Waals surface area contributed by atoms with Gasteiger partial charge in [0.05, 0.1) is 18.1 Å². The highest BCUT2D eigenvalue weighted by atomic mass is 32.2. The minimum absolute atomic E-state index is 0.0129. The van der Waals surface area contributed by atoms with E-state index >= 15 is 0 Å². The number of alkyl halides is 2. The molecule has 26 heavy (non-hydrogen) atoms. The highest BCUT2D eigenvalue weighted by Gasteiger charge is 2.54. The van der Waals surface area contributed by atoms with Crippen LogP contribution in [-0.4, -0.2) is 48.6 Å². The van der Waals surface area contributed by atoms with E-state index in [0.29, 0.717) is 0 Å². The molecule has 1 aromatic carbocycles. The molecule has 0 unspecified atom stereocenters. The van der Waals surface area contributed by atoms with Gasteiger partial charge in [0.1, 0.15) is 5.54 Å². The molecule has 2 fully saturated rings. The second-order valence-corrected chi connectivity index (χ2v) is 8.77. The van der Waals surface area contributed by atoms with Crippen LogP contribution in [0.25, 0.3) is 0 Å². The summed E-state index contributed by atoms with van der Waals surface area (Å²) in [6, 6.07) is 3.48. The van der Waals surface area contributed by atoms with Crippen molar-refractivity contribution in [3.8, 4) is 11.5 Å². The first-order valence-electron chi connectivity index (χ1n) is 7.83. The van der Waals surface area contributed by atoms with Gasteiger partial charge in [0.15, 0.2) is 21.3 Å². The van der Waals surface area contributed by atoms with Gasteiger partial charge in [-0.1, -0.05) is 12.1 Å². The zero-order valence-corrected chi connectivity index (χ0v) is 14.1. The molecule has 0 aliphatic carbocycles. The molecule has 0 atom stereocenters. The summed E-state index contributed by atoms with van der Waals surface area (Å²) in [6.07, 6.45) is -3.84. The summed E-state index contributed by atoms with van der Waals surface area (Å²) in [6.45, 7) is -0.290. The van der Waals surface area contributed by atoms with Crippen molar-refractivity contribution in [2.75, 3.05) is 11.5 Å². The van der Waals surface area contributed by atoms with Gasteiger partial charge in [0, 0.05) is 5.56 Å². The van der Waals surface area contributed by atoms with Crippen LogP contribution in [0.3, 0.4) is 0 Å². The van der Waals surface area contributed by atoms with Crippen molar-refractivity contribution < 1.29 is 36.3 Å². The number of nitrogens with zero attached hydrogens (tertiary/aromatic N) is 1. The summed E-state index contributed by atoms with van der Waals surface area (Å²) in [5, 5.41) is 2.56. The maximum absolute atomic E-state index is 13.3. The normalized spacial score (nSPS) is 24.8. The molecule has 3 amide bonds. The molecule has 4 rings (SSSR count). The number of carbonyl (C=O) groups is 2. The highest BCUT2D eigenvalue weighted by Crippen LogP contribution is 2.44. The molecule has 0 saturated carbocycles. The molecule has 1 aromatic rings. The fourth-order valence-electron chi connectivity index (χ4n) is 3.37. The van der Waals surface area contributed by atoms with Gasteiger partial charge >= 0.3 is 12.3 Å². The van der Waals surface area contributed by atoms with Gasteiger partial charge in [-0.05, 0) is 18.9 Å². The standard InChI is InChI=1S/C15H14F2N2O6S/c16-15(17)24-10-3-1-2-9(11(10)25-15)8-19-12(20)14(18-13(19)21)4-6-26(22,23)7-5-14/h1-3H,4-8H2,(H,18,21). The van der Waals surface area contributed by atoms with Gasteiger partial charge in [-0.25, -0.2) is 13.2 Å². The molecule has 140 valence electrons. The van der Waals surface area contributed by atoms with Crippen LogP contribution in [0.4, 0.5) is 13.6 Å². The van der Waals surface area contributed by atoms with E-state index < -0.39 is 33.6 Å². The molecular weight excluding hydrogens is 374 g/mol. The van der Waals surface area contributed by atoms with Crippen molar-refractivity contribution in [1.29, 1.82) is 0 Å². The van der Waals surface area contributed by atoms with E-state index in [-0.39, 0.29) is 48.0 Å². The van der Waals surface area contributed by atoms with Crippen molar-refractivity contribution in [1.82, 2.24) is 10.2 Å². The van der Waals surface area contributed by atoms with Crippen LogP contribution < -0.4 is 14.8 Å². The first-order valence-corrected chi connectivity index (χ1v) is 9.65. The van der Waals surface area contributed by atoms with Gasteiger partial charge in [0.25, 0.3) is 5.91 Å². The molecule has 0 radical (unpaired) electrons. The minimum Gasteiger partial charge on any atom is -0.395 e. The maximum Gasteiger partial charge on any atom is 0.586 e. The topological polar surface area (TPSA) is 102 Å². The van der Waals surface area contributed by atoms with E-state index in [1.165, 1.54) is 18.2 Å². The summed E-state index contributed by atoms with van der Waals surface area (Å²) in [4.78, 5) is 25.9. The quantitative estimate of drug-likeness (QED) is 0.759. The average Bonchev–Trinajstić information content (AvgIpc) is 2.99. The number of hydrogen-bond acceptors (Lipinski definition) is 6. The van der Waals surface area contributed by atoms with Crippen LogP contribution in [-0.2, 0) is 21.2 Å². The first-order chi connectivity index (χ1) is 12.1. The Morgan fingerprint density at radius 1 is 1.15 bits per heavy atom. The van der Waals surface area contributed by atoms with E-state index in [1.54, 1.807) is 0 Å². The van der Waals surface area contributed by atoms with Crippen LogP contribution in [0, 0.1) is 0 Å². The third-order valence-corrected chi connectivity index (χ3v) is 6.42. The third-order valence-electron chi connectivity index (χ3n) is 4.76. The van der Waals surface area contributed by atoms with Gasteiger partial charge in [0.2, 0.25) is 0 Å². The number of sulfone groups is 1. The number of imide groups is 1. The number of halogens is 2. The molecular formula is C15H14F2N2O6S. The number of amides is 3. The van der Waals surface area contributed by atoms with Crippen molar-refractivity contribution in [2.24, 2.45) is 0 Å². The lowest BCUT2D eigenvalue weighted by atomic mass is 9.92. The van der Waals surface area contributed by atoms with Crippen LogP contribution in [0.15, 0.2) is 18.2 Å². The molecule has 3 aliphatic heterocycles. The summed E-state index contributed by atoms with van der Waals surface area (Å²) in [5.74, 6) is -1.38. The fourth-order valence-corrected chi connectivity index (χ4v) is 4.89. The molecule has 0 bridgehead atoms. The van der Waals surface area contributed by atoms with E-state index in [4.69, 9.17) is 0 Å². The van der Waals surface area contributed by atoms with Crippen molar-refractivity contribution in [3.05, 3.63) is 23.8 Å². The Morgan fingerprint density at radius 2 is 1.85 bits per heavy atom.